The molecule has 9 heteroatoms. The first-order valence-corrected chi connectivity index (χ1v) is 10.2. The lowest BCUT2D eigenvalue weighted by molar-refractivity contribution is -0.384. The average Bonchev–Trinajstić information content (AvgIpc) is 3.04. The molecule has 3 rings (SSSR count). The van der Waals surface area contributed by atoms with Crippen molar-refractivity contribution in [1.82, 2.24) is 4.31 Å². The summed E-state index contributed by atoms with van der Waals surface area (Å²) in [6, 6.07) is 11.9. The van der Waals surface area contributed by atoms with E-state index in [2.05, 4.69) is 15.9 Å². The molecule has 0 saturated carbocycles. The van der Waals surface area contributed by atoms with E-state index in [4.69, 9.17) is 4.74 Å². The standard InChI is InChI=1S/C17H17BrN2O5S/c1-25-14-4-2-3-12(11-14)17-16(18)9-10-19(17)26(23,24)15-7-5-13(6-8-15)20(21)22/h2-8,11,16-17H,9-10H2,1H3/t16-,17+/m1/s1. The summed E-state index contributed by atoms with van der Waals surface area (Å²) in [7, 11) is -2.23. The van der Waals surface area contributed by atoms with Crippen molar-refractivity contribution in [3.05, 3.63) is 64.2 Å². The molecule has 2 atom stereocenters. The Kier molecular flexibility index (Phi) is 5.31. The highest BCUT2D eigenvalue weighted by Crippen LogP contribution is 2.41. The van der Waals surface area contributed by atoms with Crippen LogP contribution in [0.2, 0.25) is 0 Å². The summed E-state index contributed by atoms with van der Waals surface area (Å²) in [5.41, 5.74) is 0.683. The van der Waals surface area contributed by atoms with E-state index in [-0.39, 0.29) is 21.5 Å². The van der Waals surface area contributed by atoms with Crippen LogP contribution in [0.3, 0.4) is 0 Å². The van der Waals surface area contributed by atoms with E-state index in [9.17, 15) is 18.5 Å². The number of ether oxygens (including phenoxy) is 1. The lowest BCUT2D eigenvalue weighted by Crippen LogP contribution is -2.32. The van der Waals surface area contributed by atoms with E-state index >= 15 is 0 Å². The van der Waals surface area contributed by atoms with Crippen molar-refractivity contribution in [2.24, 2.45) is 0 Å². The van der Waals surface area contributed by atoms with Crippen LogP contribution in [0.4, 0.5) is 5.69 Å². The van der Waals surface area contributed by atoms with Gasteiger partial charge in [-0.25, -0.2) is 8.42 Å². The van der Waals surface area contributed by atoms with Crippen LogP contribution in [-0.4, -0.2) is 36.1 Å². The number of benzene rings is 2. The Morgan fingerprint density at radius 2 is 1.92 bits per heavy atom. The molecule has 138 valence electrons. The third-order valence-corrected chi connectivity index (χ3v) is 7.22. The molecule has 26 heavy (non-hydrogen) atoms. The van der Waals surface area contributed by atoms with Gasteiger partial charge < -0.3 is 4.74 Å². The second-order valence-electron chi connectivity index (χ2n) is 5.89. The molecular formula is C17H17BrN2O5S. The molecule has 0 radical (unpaired) electrons. The van der Waals surface area contributed by atoms with Crippen molar-refractivity contribution < 1.29 is 18.1 Å². The predicted molar refractivity (Wildman–Crippen MR) is 100 cm³/mol. The summed E-state index contributed by atoms with van der Waals surface area (Å²) in [4.78, 5) is 10.2. The fourth-order valence-electron chi connectivity index (χ4n) is 3.07. The highest BCUT2D eigenvalue weighted by Gasteiger charge is 2.41. The molecule has 0 bridgehead atoms. The van der Waals surface area contributed by atoms with Gasteiger partial charge in [-0.1, -0.05) is 28.1 Å². The molecule has 0 amide bonds. The van der Waals surface area contributed by atoms with Gasteiger partial charge in [0.2, 0.25) is 10.0 Å². The van der Waals surface area contributed by atoms with Gasteiger partial charge in [0.15, 0.2) is 0 Å². The van der Waals surface area contributed by atoms with Gasteiger partial charge in [0, 0.05) is 23.5 Å². The minimum Gasteiger partial charge on any atom is -0.497 e. The Balaban J connectivity index is 1.98. The van der Waals surface area contributed by atoms with Gasteiger partial charge in [0.05, 0.1) is 23.0 Å². The molecular weight excluding hydrogens is 424 g/mol. The van der Waals surface area contributed by atoms with Crippen LogP contribution in [0.5, 0.6) is 5.75 Å². The number of rotatable bonds is 5. The van der Waals surface area contributed by atoms with Gasteiger partial charge in [0.1, 0.15) is 5.75 Å². The van der Waals surface area contributed by atoms with Crippen LogP contribution in [-0.2, 0) is 10.0 Å². The number of nitro groups is 1. The maximum Gasteiger partial charge on any atom is 0.269 e. The smallest absolute Gasteiger partial charge is 0.269 e. The van der Waals surface area contributed by atoms with E-state index in [1.807, 2.05) is 18.2 Å². The van der Waals surface area contributed by atoms with Crippen LogP contribution in [0.25, 0.3) is 0 Å². The Morgan fingerprint density at radius 1 is 1.23 bits per heavy atom. The van der Waals surface area contributed by atoms with Gasteiger partial charge in [-0.3, -0.25) is 10.1 Å². The Hall–Kier alpha value is -1.97. The van der Waals surface area contributed by atoms with Crippen LogP contribution < -0.4 is 4.74 Å². The molecule has 0 spiro atoms. The van der Waals surface area contributed by atoms with E-state index in [0.717, 1.165) is 5.56 Å². The molecule has 2 aromatic carbocycles. The number of non-ortho nitro benzene ring substituents is 1. The number of alkyl halides is 1. The Morgan fingerprint density at radius 3 is 2.54 bits per heavy atom. The second-order valence-corrected chi connectivity index (χ2v) is 8.96. The average molecular weight is 441 g/mol. The molecule has 1 aliphatic rings. The number of nitrogens with zero attached hydrogens (tertiary/aromatic N) is 2. The summed E-state index contributed by atoms with van der Waals surface area (Å²) >= 11 is 3.59. The summed E-state index contributed by atoms with van der Waals surface area (Å²) in [5.74, 6) is 0.654. The molecule has 0 N–H and O–H groups in total. The van der Waals surface area contributed by atoms with Crippen molar-refractivity contribution in [2.75, 3.05) is 13.7 Å². The van der Waals surface area contributed by atoms with E-state index < -0.39 is 14.9 Å². The molecule has 0 unspecified atom stereocenters. The maximum absolute atomic E-state index is 13.1. The van der Waals surface area contributed by atoms with E-state index in [1.165, 1.54) is 28.6 Å². The van der Waals surface area contributed by atoms with Crippen LogP contribution >= 0.6 is 15.9 Å². The number of hydrogen-bond acceptors (Lipinski definition) is 5. The first kappa shape index (κ1) is 18.8. The third-order valence-electron chi connectivity index (χ3n) is 4.37. The molecule has 0 aliphatic carbocycles. The first-order valence-electron chi connectivity index (χ1n) is 7.89. The molecule has 1 saturated heterocycles. The Bertz CT molecular complexity index is 917. The minimum absolute atomic E-state index is 0.0394. The molecule has 1 aliphatic heterocycles. The summed E-state index contributed by atoms with van der Waals surface area (Å²) in [5, 5.41) is 10.8. The zero-order valence-corrected chi connectivity index (χ0v) is 16.3. The monoisotopic (exact) mass is 440 g/mol. The lowest BCUT2D eigenvalue weighted by Gasteiger charge is -2.26. The van der Waals surface area contributed by atoms with Crippen molar-refractivity contribution in [1.29, 1.82) is 0 Å². The zero-order chi connectivity index (χ0) is 18.9. The van der Waals surface area contributed by atoms with Gasteiger partial charge in [-0.2, -0.15) is 4.31 Å². The number of halogens is 1. The van der Waals surface area contributed by atoms with Crippen molar-refractivity contribution >= 4 is 31.6 Å². The minimum atomic E-state index is -3.79. The number of nitro benzene ring substituents is 1. The van der Waals surface area contributed by atoms with Crippen molar-refractivity contribution in [2.45, 2.75) is 22.2 Å². The molecule has 2 aromatic rings. The highest BCUT2D eigenvalue weighted by molar-refractivity contribution is 9.09. The summed E-state index contributed by atoms with van der Waals surface area (Å²) in [6.07, 6.45) is 0.661. The predicted octanol–water partition coefficient (Wildman–Crippen LogP) is 3.50. The maximum atomic E-state index is 13.1. The van der Waals surface area contributed by atoms with E-state index in [0.29, 0.717) is 18.7 Å². The lowest BCUT2D eigenvalue weighted by atomic mass is 10.1. The fourth-order valence-corrected chi connectivity index (χ4v) is 5.69. The quantitative estimate of drug-likeness (QED) is 0.403. The third kappa shape index (κ3) is 3.46. The molecule has 0 aromatic heterocycles. The van der Waals surface area contributed by atoms with Gasteiger partial charge in [0.25, 0.3) is 5.69 Å². The fraction of sp³-hybridized carbons (Fsp3) is 0.294. The molecule has 7 nitrogen and oxygen atoms in total. The van der Waals surface area contributed by atoms with Gasteiger partial charge >= 0.3 is 0 Å². The number of sulfonamides is 1. The van der Waals surface area contributed by atoms with Crippen molar-refractivity contribution in [3.63, 3.8) is 0 Å². The van der Waals surface area contributed by atoms with Crippen LogP contribution in [0.1, 0.15) is 18.0 Å². The molecule has 1 heterocycles. The van der Waals surface area contributed by atoms with Gasteiger partial charge in [-0.05, 0) is 36.2 Å². The molecule has 1 fully saturated rings. The number of methoxy groups -OCH3 is 1. The zero-order valence-electron chi connectivity index (χ0n) is 13.9. The first-order chi connectivity index (χ1) is 12.3. The largest absolute Gasteiger partial charge is 0.497 e. The SMILES string of the molecule is COc1cccc([C@H]2[C@H](Br)CCN2S(=O)(=O)c2ccc([N+](=O)[O-])cc2)c1. The Labute approximate surface area is 159 Å². The van der Waals surface area contributed by atoms with Crippen LogP contribution in [0, 0.1) is 10.1 Å². The number of hydrogen-bond donors (Lipinski definition) is 0. The normalized spacial score (nSPS) is 20.8. The summed E-state index contributed by atoms with van der Waals surface area (Å²) < 4.78 is 32.9. The highest BCUT2D eigenvalue weighted by atomic mass is 79.9. The summed E-state index contributed by atoms with van der Waals surface area (Å²) in [6.45, 7) is 0.358. The topological polar surface area (TPSA) is 89.8 Å². The van der Waals surface area contributed by atoms with Crippen LogP contribution in [0.15, 0.2) is 53.4 Å². The van der Waals surface area contributed by atoms with Gasteiger partial charge in [-0.15, -0.1) is 0 Å². The second kappa shape index (κ2) is 7.34. The van der Waals surface area contributed by atoms with Crippen molar-refractivity contribution in [3.8, 4) is 5.75 Å². The van der Waals surface area contributed by atoms with E-state index in [1.54, 1.807) is 13.2 Å².